The zero-order valence-electron chi connectivity index (χ0n) is 29.8. The summed E-state index contributed by atoms with van der Waals surface area (Å²) in [6.45, 7) is 10.4. The summed E-state index contributed by atoms with van der Waals surface area (Å²) < 4.78 is 22.5. The van der Waals surface area contributed by atoms with E-state index in [1.807, 2.05) is 19.9 Å². The van der Waals surface area contributed by atoms with Gasteiger partial charge in [-0.25, -0.2) is 9.59 Å². The topological polar surface area (TPSA) is 155 Å². The van der Waals surface area contributed by atoms with E-state index in [2.05, 4.69) is 22.4 Å². The minimum atomic E-state index is -0.919. The summed E-state index contributed by atoms with van der Waals surface area (Å²) >= 11 is 0. The number of allylic oxidation sites excluding steroid dienone is 2. The number of benzene rings is 1. The number of ether oxygens (including phenoxy) is 4. The lowest BCUT2D eigenvalue weighted by Gasteiger charge is -2.30. The van der Waals surface area contributed by atoms with E-state index in [-0.39, 0.29) is 42.8 Å². The van der Waals surface area contributed by atoms with Crippen molar-refractivity contribution in [3.05, 3.63) is 74.2 Å². The number of unbranched alkanes of at least 4 members (excludes halogenated alkanes) is 8. The van der Waals surface area contributed by atoms with Crippen LogP contribution in [0.2, 0.25) is 0 Å². The Morgan fingerprint density at radius 1 is 0.857 bits per heavy atom. The molecule has 1 unspecified atom stereocenters. The maximum Gasteiger partial charge on any atom is 0.336 e. The average molecular weight is 683 g/mol. The molecule has 1 aromatic carbocycles. The Bertz CT molecular complexity index is 1430. The number of non-ortho nitro benzene ring substituents is 1. The summed E-state index contributed by atoms with van der Waals surface area (Å²) in [6.07, 6.45) is 11.7. The number of hydrogen-bond donors (Lipinski definition) is 2. The Hall–Kier alpha value is -4.19. The number of rotatable bonds is 23. The van der Waals surface area contributed by atoms with Crippen molar-refractivity contribution in [3.8, 4) is 5.88 Å². The van der Waals surface area contributed by atoms with E-state index in [4.69, 9.17) is 18.9 Å². The Morgan fingerprint density at radius 2 is 1.49 bits per heavy atom. The molecule has 0 fully saturated rings. The highest BCUT2D eigenvalue weighted by atomic mass is 16.6. The van der Waals surface area contributed by atoms with E-state index in [9.17, 15) is 19.7 Å². The Labute approximate surface area is 290 Å². The number of nitrogens with one attached hydrogen (secondary N) is 2. The molecule has 2 N–H and O–H groups in total. The van der Waals surface area contributed by atoms with Gasteiger partial charge in [0.25, 0.3) is 5.69 Å². The first-order valence-electron chi connectivity index (χ1n) is 17.7. The minimum absolute atomic E-state index is 0.0188. The molecular weight excluding hydrogens is 628 g/mol. The molecule has 270 valence electrons. The van der Waals surface area contributed by atoms with Crippen molar-refractivity contribution in [3.63, 3.8) is 0 Å². The predicted octanol–water partition coefficient (Wildman–Crippen LogP) is 7.61. The van der Waals surface area contributed by atoms with Crippen LogP contribution in [0, 0.1) is 10.1 Å². The summed E-state index contributed by atoms with van der Waals surface area (Å²) in [6, 6.07) is 7.92. The molecule has 1 atom stereocenters. The highest BCUT2D eigenvalue weighted by Gasteiger charge is 2.38. The fourth-order valence-corrected chi connectivity index (χ4v) is 5.80. The lowest BCUT2D eigenvalue weighted by atomic mass is 9.80. The summed E-state index contributed by atoms with van der Waals surface area (Å²) in [5.74, 6) is -1.54. The molecule has 0 saturated carbocycles. The quantitative estimate of drug-likeness (QED) is 0.0518. The van der Waals surface area contributed by atoms with Gasteiger partial charge in [-0.1, -0.05) is 51.2 Å². The SMILES string of the molecule is CCCCCCCCc1cc(OCCCCCCOC(=O)C2=C(C)NC(C)=C(C(=O)OCCOC(C)C)C2c2cccc([N+](=O)[O-])c2)n[nH]1. The van der Waals surface area contributed by atoms with Crippen molar-refractivity contribution < 1.29 is 33.5 Å². The van der Waals surface area contributed by atoms with E-state index in [0.717, 1.165) is 37.8 Å². The third-order valence-electron chi connectivity index (χ3n) is 8.31. The highest BCUT2D eigenvalue weighted by molar-refractivity contribution is 6.00. The molecule has 0 saturated heterocycles. The van der Waals surface area contributed by atoms with Gasteiger partial charge in [-0.3, -0.25) is 15.2 Å². The van der Waals surface area contributed by atoms with Crippen LogP contribution in [0.1, 0.15) is 116 Å². The number of aryl methyl sites for hydroxylation is 1. The molecule has 12 nitrogen and oxygen atoms in total. The number of hydrogen-bond acceptors (Lipinski definition) is 10. The molecule has 3 rings (SSSR count). The fourth-order valence-electron chi connectivity index (χ4n) is 5.80. The van der Waals surface area contributed by atoms with Gasteiger partial charge in [0.1, 0.15) is 6.61 Å². The summed E-state index contributed by atoms with van der Waals surface area (Å²) in [5.41, 5.74) is 2.76. The molecule has 0 amide bonds. The van der Waals surface area contributed by atoms with Gasteiger partial charge in [0.2, 0.25) is 5.88 Å². The average Bonchev–Trinajstić information content (AvgIpc) is 3.52. The van der Waals surface area contributed by atoms with E-state index < -0.39 is 22.8 Å². The van der Waals surface area contributed by atoms with E-state index in [1.54, 1.807) is 19.9 Å². The maximum atomic E-state index is 13.6. The molecule has 0 aliphatic carbocycles. The highest BCUT2D eigenvalue weighted by Crippen LogP contribution is 2.40. The van der Waals surface area contributed by atoms with Crippen LogP contribution in [0.25, 0.3) is 0 Å². The van der Waals surface area contributed by atoms with Crippen LogP contribution in [0.3, 0.4) is 0 Å². The fraction of sp³-hybridized carbons (Fsp3) is 0.595. The maximum absolute atomic E-state index is 13.6. The van der Waals surface area contributed by atoms with E-state index >= 15 is 0 Å². The molecule has 12 heteroatoms. The summed E-state index contributed by atoms with van der Waals surface area (Å²) in [5, 5.41) is 22.0. The standard InChI is InChI=1S/C37H54N4O8/c1-6-7-8-9-10-13-18-30-25-32(40-39-30)47-20-14-11-12-15-21-48-36(42)33-27(4)38-28(5)34(37(43)49-23-22-46-26(2)3)35(33)29-17-16-19-31(24-29)41(44)45/h16-17,19,24-26,35,38H,6-15,18,20-23H2,1-5H3,(H,39,40). The van der Waals surface area contributed by atoms with Gasteiger partial charge in [0, 0.05) is 35.3 Å². The van der Waals surface area contributed by atoms with Crippen LogP contribution in [-0.4, -0.2) is 59.6 Å². The molecule has 2 heterocycles. The predicted molar refractivity (Wildman–Crippen MR) is 187 cm³/mol. The number of H-pyrrole nitrogens is 1. The summed E-state index contributed by atoms with van der Waals surface area (Å²) in [4.78, 5) is 38.0. The molecule has 0 radical (unpaired) electrons. The van der Waals surface area contributed by atoms with Crippen molar-refractivity contribution in [1.29, 1.82) is 0 Å². The van der Waals surface area contributed by atoms with E-state index in [1.165, 1.54) is 50.3 Å². The zero-order valence-corrected chi connectivity index (χ0v) is 29.8. The van der Waals surface area contributed by atoms with Crippen molar-refractivity contribution in [2.24, 2.45) is 0 Å². The number of carbonyl (C=O) groups excluding carboxylic acids is 2. The number of dihydropyridines is 1. The number of carbonyl (C=O) groups is 2. The molecule has 1 aliphatic heterocycles. The van der Waals surface area contributed by atoms with Crippen molar-refractivity contribution in [1.82, 2.24) is 15.5 Å². The van der Waals surface area contributed by atoms with Crippen molar-refractivity contribution in [2.45, 2.75) is 117 Å². The second-order valence-electron chi connectivity index (χ2n) is 12.7. The Morgan fingerprint density at radius 3 is 2.16 bits per heavy atom. The van der Waals surface area contributed by atoms with Crippen molar-refractivity contribution in [2.75, 3.05) is 26.4 Å². The number of nitro benzene ring substituents is 1. The second kappa shape index (κ2) is 21.0. The largest absolute Gasteiger partial charge is 0.477 e. The molecular formula is C37H54N4O8. The van der Waals surface area contributed by atoms with Crippen LogP contribution < -0.4 is 10.1 Å². The lowest BCUT2D eigenvalue weighted by Crippen LogP contribution is -2.33. The third kappa shape index (κ3) is 13.0. The minimum Gasteiger partial charge on any atom is -0.477 e. The van der Waals surface area contributed by atoms with Crippen LogP contribution in [0.4, 0.5) is 5.69 Å². The van der Waals surface area contributed by atoms with Gasteiger partial charge < -0.3 is 24.3 Å². The van der Waals surface area contributed by atoms with Gasteiger partial charge >= 0.3 is 11.9 Å². The molecule has 1 aliphatic rings. The molecule has 1 aromatic heterocycles. The number of aromatic amines is 1. The Balaban J connectivity index is 1.51. The third-order valence-corrected chi connectivity index (χ3v) is 8.31. The monoisotopic (exact) mass is 682 g/mol. The lowest BCUT2D eigenvalue weighted by molar-refractivity contribution is -0.384. The van der Waals surface area contributed by atoms with Gasteiger partial charge in [-0.05, 0) is 71.8 Å². The van der Waals surface area contributed by atoms with E-state index in [0.29, 0.717) is 35.9 Å². The van der Waals surface area contributed by atoms with Crippen molar-refractivity contribution >= 4 is 17.6 Å². The van der Waals surface area contributed by atoms with Gasteiger partial charge in [-0.15, -0.1) is 5.10 Å². The van der Waals surface area contributed by atoms with Crippen LogP contribution in [-0.2, 0) is 30.2 Å². The van der Waals surface area contributed by atoms with Crippen LogP contribution in [0.5, 0.6) is 5.88 Å². The first-order valence-corrected chi connectivity index (χ1v) is 17.7. The molecule has 49 heavy (non-hydrogen) atoms. The first kappa shape index (κ1) is 39.3. The number of esters is 2. The van der Waals surface area contributed by atoms with Gasteiger partial charge in [-0.2, -0.15) is 0 Å². The molecule has 2 aromatic rings. The van der Waals surface area contributed by atoms with Crippen LogP contribution >= 0.6 is 0 Å². The van der Waals surface area contributed by atoms with Gasteiger partial charge in [0.15, 0.2) is 0 Å². The number of nitro groups is 1. The first-order chi connectivity index (χ1) is 23.6. The van der Waals surface area contributed by atoms with Gasteiger partial charge in [0.05, 0.1) is 47.9 Å². The second-order valence-corrected chi connectivity index (χ2v) is 12.7. The number of aromatic nitrogens is 2. The molecule has 0 spiro atoms. The Kier molecular flexibility index (Phi) is 16.8. The zero-order chi connectivity index (χ0) is 35.6. The number of nitrogens with zero attached hydrogens (tertiary/aromatic N) is 2. The smallest absolute Gasteiger partial charge is 0.336 e. The summed E-state index contributed by atoms with van der Waals surface area (Å²) in [7, 11) is 0. The normalized spacial score (nSPS) is 14.6. The van der Waals surface area contributed by atoms with Crippen LogP contribution in [0.15, 0.2) is 52.9 Å². The molecule has 0 bridgehead atoms.